The van der Waals surface area contributed by atoms with Gasteiger partial charge in [-0.3, -0.25) is 9.59 Å². The lowest BCUT2D eigenvalue weighted by Crippen LogP contribution is -2.69. The zero-order valence-corrected chi connectivity index (χ0v) is 18.2. The average Bonchev–Trinajstić information content (AvgIpc) is 3.13. The minimum atomic E-state index is -1.13. The molecule has 4 saturated carbocycles. The molecule has 4 bridgehead atoms. The minimum absolute atomic E-state index is 0.0392. The van der Waals surface area contributed by atoms with E-state index in [0.29, 0.717) is 24.5 Å². The molecule has 0 aromatic heterocycles. The molecule has 1 heterocycles. The second-order valence-electron chi connectivity index (χ2n) is 10.1. The normalized spacial score (nSPS) is 39.6. The largest absolute Gasteiger partial charge is 0.390 e. The highest BCUT2D eigenvalue weighted by Crippen LogP contribution is 2.62. The van der Waals surface area contributed by atoms with Crippen molar-refractivity contribution in [3.63, 3.8) is 0 Å². The van der Waals surface area contributed by atoms with Crippen LogP contribution in [0.3, 0.4) is 0 Å². The third kappa shape index (κ3) is 3.01. The van der Waals surface area contributed by atoms with Crippen molar-refractivity contribution in [2.24, 2.45) is 29.4 Å². The number of carbonyl (C=O) groups is 2. The van der Waals surface area contributed by atoms with Crippen LogP contribution in [0.15, 0.2) is 42.1 Å². The first-order valence-corrected chi connectivity index (χ1v) is 11.4. The van der Waals surface area contributed by atoms with Crippen molar-refractivity contribution in [3.05, 3.63) is 47.7 Å². The minimum Gasteiger partial charge on any atom is -0.390 e. The van der Waals surface area contributed by atoms with Crippen LogP contribution in [-0.2, 0) is 9.59 Å². The predicted molar refractivity (Wildman–Crippen MR) is 116 cm³/mol. The van der Waals surface area contributed by atoms with Crippen LogP contribution >= 0.6 is 0 Å². The lowest BCUT2D eigenvalue weighted by atomic mass is 9.46. The number of primary amides is 1. The maximum atomic E-state index is 13.3. The molecule has 5 N–H and O–H groups in total. The van der Waals surface area contributed by atoms with Crippen molar-refractivity contribution in [1.29, 1.82) is 0 Å². The summed E-state index contributed by atoms with van der Waals surface area (Å²) in [7, 11) is 1.58. The quantitative estimate of drug-likeness (QED) is 0.574. The fraction of sp³-hybridized carbons (Fsp3) is 0.583. The van der Waals surface area contributed by atoms with Gasteiger partial charge >= 0.3 is 0 Å². The summed E-state index contributed by atoms with van der Waals surface area (Å²) in [6.07, 6.45) is 6.07. The number of nitrogens with one attached hydrogen (secondary N) is 2. The number of nitrogens with two attached hydrogens (primary N) is 1. The van der Waals surface area contributed by atoms with Crippen LogP contribution in [-0.4, -0.2) is 40.1 Å². The van der Waals surface area contributed by atoms with Gasteiger partial charge in [0.15, 0.2) is 0 Å². The first kappa shape index (κ1) is 20.5. The fourth-order valence-corrected chi connectivity index (χ4v) is 7.40. The van der Waals surface area contributed by atoms with Crippen molar-refractivity contribution >= 4 is 11.8 Å². The first-order chi connectivity index (χ1) is 14.8. The number of hydrogen-bond donors (Lipinski definition) is 4. The van der Waals surface area contributed by atoms with Gasteiger partial charge in [-0.25, -0.2) is 0 Å². The molecule has 4 fully saturated rings. The molecule has 4 atom stereocenters. The molecule has 7 heteroatoms. The maximum Gasteiger partial charge on any atom is 0.268 e. The summed E-state index contributed by atoms with van der Waals surface area (Å²) in [6.45, 7) is 2.03. The Bertz CT molecular complexity index is 916. The van der Waals surface area contributed by atoms with Gasteiger partial charge in [0.1, 0.15) is 11.2 Å². The summed E-state index contributed by atoms with van der Waals surface area (Å²) in [5.41, 5.74) is 9.10. The van der Waals surface area contributed by atoms with E-state index in [4.69, 9.17) is 5.73 Å². The highest BCUT2D eigenvalue weighted by molar-refractivity contribution is 5.97. The monoisotopic (exact) mass is 424 g/mol. The van der Waals surface area contributed by atoms with Crippen LogP contribution in [0.5, 0.6) is 0 Å². The van der Waals surface area contributed by atoms with Crippen LogP contribution in [0.2, 0.25) is 0 Å². The smallest absolute Gasteiger partial charge is 0.268 e. The molecular weight excluding hydrogens is 392 g/mol. The van der Waals surface area contributed by atoms with E-state index < -0.39 is 17.0 Å². The number of amides is 2. The van der Waals surface area contributed by atoms with Crippen LogP contribution in [0, 0.1) is 23.7 Å². The average molecular weight is 425 g/mol. The third-order valence-electron chi connectivity index (χ3n) is 8.29. The van der Waals surface area contributed by atoms with Crippen molar-refractivity contribution in [2.75, 3.05) is 7.05 Å². The van der Waals surface area contributed by atoms with E-state index in [1.165, 1.54) is 0 Å². The van der Waals surface area contributed by atoms with E-state index >= 15 is 0 Å². The van der Waals surface area contributed by atoms with Gasteiger partial charge in [-0.15, -0.1) is 0 Å². The van der Waals surface area contributed by atoms with Crippen LogP contribution in [0.1, 0.15) is 50.6 Å². The Morgan fingerprint density at radius 1 is 1.19 bits per heavy atom. The van der Waals surface area contributed by atoms with Gasteiger partial charge in [0.25, 0.3) is 5.91 Å². The molecule has 5 aliphatic rings. The molecule has 1 aliphatic heterocycles. The van der Waals surface area contributed by atoms with E-state index in [0.717, 1.165) is 24.8 Å². The molecule has 7 nitrogen and oxygen atoms in total. The Labute approximate surface area is 183 Å². The van der Waals surface area contributed by atoms with Crippen LogP contribution in [0.4, 0.5) is 0 Å². The second-order valence-corrected chi connectivity index (χ2v) is 10.1. The number of benzene rings is 1. The molecular formula is C24H32N4O3. The summed E-state index contributed by atoms with van der Waals surface area (Å²) >= 11 is 0. The lowest BCUT2D eigenvalue weighted by molar-refractivity contribution is -0.185. The van der Waals surface area contributed by atoms with Gasteiger partial charge in [-0.2, -0.15) is 5.01 Å². The number of carbonyl (C=O) groups excluding carboxylic acids is 2. The van der Waals surface area contributed by atoms with Crippen molar-refractivity contribution < 1.29 is 14.7 Å². The van der Waals surface area contributed by atoms with Crippen molar-refractivity contribution in [2.45, 2.75) is 56.2 Å². The highest BCUT2D eigenvalue weighted by atomic mass is 16.3. The number of likely N-dealkylation sites (N-methyl/N-ethyl adjacent to an activating group) is 1. The zero-order valence-electron chi connectivity index (χ0n) is 18.2. The summed E-state index contributed by atoms with van der Waals surface area (Å²) < 4.78 is 0. The summed E-state index contributed by atoms with van der Waals surface area (Å²) in [4.78, 5) is 25.9. The van der Waals surface area contributed by atoms with Gasteiger partial charge < -0.3 is 21.6 Å². The summed E-state index contributed by atoms with van der Waals surface area (Å²) in [6, 6.07) is 9.76. The molecule has 1 unspecified atom stereocenters. The number of aliphatic hydroxyl groups is 1. The molecule has 1 aromatic rings. The SMILES string of the molecule is CNC(=O)C1=CC(C(N)=O)(C2[C@H]3CC4C[C@H]2CC(O)(C4)C3)N([C@@H](C)c2ccccc2)N1. The Hall–Kier alpha value is -2.38. The van der Waals surface area contributed by atoms with Gasteiger partial charge in [-0.05, 0) is 74.3 Å². The standard InChI is InChI=1S/C24H32N4O3/c1-14(16-6-4-3-5-7-16)28-24(22(25)30,13-19(27-28)21(29)26-2)20-17-8-15-9-18(20)12-23(31,10-15)11-17/h3-7,13-15,17-18,20,27,31H,8-12H2,1-2H3,(H2,25,30)(H,26,29)/t14-,15?,17-,18-,20?,23?,24?/m0/s1. The molecule has 31 heavy (non-hydrogen) atoms. The molecule has 1 aromatic carbocycles. The molecule has 6 rings (SSSR count). The lowest BCUT2D eigenvalue weighted by Gasteiger charge is -2.62. The fourth-order valence-electron chi connectivity index (χ4n) is 7.40. The Morgan fingerprint density at radius 3 is 2.39 bits per heavy atom. The van der Waals surface area contributed by atoms with E-state index in [9.17, 15) is 14.7 Å². The van der Waals surface area contributed by atoms with Gasteiger partial charge in [0.2, 0.25) is 5.91 Å². The zero-order chi connectivity index (χ0) is 22.0. The molecule has 166 valence electrons. The number of hydrazine groups is 1. The van der Waals surface area contributed by atoms with E-state index in [1.54, 1.807) is 13.1 Å². The van der Waals surface area contributed by atoms with Crippen LogP contribution in [0.25, 0.3) is 0 Å². The van der Waals surface area contributed by atoms with E-state index in [-0.39, 0.29) is 29.7 Å². The Balaban J connectivity index is 1.62. The predicted octanol–water partition coefficient (Wildman–Crippen LogP) is 1.61. The van der Waals surface area contributed by atoms with Gasteiger partial charge in [0, 0.05) is 7.05 Å². The summed E-state index contributed by atoms with van der Waals surface area (Å²) in [5, 5.41) is 15.7. The first-order valence-electron chi connectivity index (χ1n) is 11.4. The van der Waals surface area contributed by atoms with Crippen LogP contribution < -0.4 is 16.5 Å². The topological polar surface area (TPSA) is 108 Å². The Kier molecular flexibility index (Phi) is 4.68. The number of nitrogens with zero attached hydrogens (tertiary/aromatic N) is 1. The van der Waals surface area contributed by atoms with Crippen molar-refractivity contribution in [1.82, 2.24) is 15.8 Å². The maximum absolute atomic E-state index is 13.3. The van der Waals surface area contributed by atoms with Gasteiger partial charge in [0.05, 0.1) is 11.6 Å². The molecule has 2 amide bonds. The highest BCUT2D eigenvalue weighted by Gasteiger charge is 2.65. The molecule has 4 aliphatic carbocycles. The molecule has 0 saturated heterocycles. The number of rotatable bonds is 5. The molecule has 0 spiro atoms. The van der Waals surface area contributed by atoms with Gasteiger partial charge in [-0.1, -0.05) is 30.3 Å². The molecule has 0 radical (unpaired) electrons. The third-order valence-corrected chi connectivity index (χ3v) is 8.29. The number of hydrogen-bond acceptors (Lipinski definition) is 5. The second kappa shape index (κ2) is 7.07. The van der Waals surface area contributed by atoms with E-state index in [2.05, 4.69) is 10.7 Å². The Morgan fingerprint density at radius 2 is 1.84 bits per heavy atom. The van der Waals surface area contributed by atoms with Crippen molar-refractivity contribution in [3.8, 4) is 0 Å². The summed E-state index contributed by atoms with van der Waals surface area (Å²) in [5.74, 6) is 0.178. The van der Waals surface area contributed by atoms with E-state index in [1.807, 2.05) is 42.3 Å².